The van der Waals surface area contributed by atoms with Gasteiger partial charge in [0.15, 0.2) is 0 Å². The summed E-state index contributed by atoms with van der Waals surface area (Å²) in [5, 5.41) is 21.3. The third-order valence-corrected chi connectivity index (χ3v) is 7.43. The molecule has 2 heterocycles. The lowest BCUT2D eigenvalue weighted by Crippen LogP contribution is -2.43. The molecule has 6 heteroatoms. The second-order valence-corrected chi connectivity index (χ2v) is 9.18. The number of hydrogen-bond donors (Lipinski definition) is 2. The van der Waals surface area contributed by atoms with Crippen LogP contribution in [0, 0.1) is 35.5 Å². The van der Waals surface area contributed by atoms with E-state index in [0.29, 0.717) is 18.4 Å². The molecule has 28 heavy (non-hydrogen) atoms. The van der Waals surface area contributed by atoms with E-state index in [0.717, 1.165) is 6.42 Å². The number of rotatable bonds is 1. The summed E-state index contributed by atoms with van der Waals surface area (Å²) in [6, 6.07) is 0. The van der Waals surface area contributed by atoms with Gasteiger partial charge in [-0.15, -0.1) is 0 Å². The van der Waals surface area contributed by atoms with E-state index in [4.69, 9.17) is 9.47 Å². The summed E-state index contributed by atoms with van der Waals surface area (Å²) in [7, 11) is 0. The minimum Gasteiger partial charge on any atom is -0.512 e. The van der Waals surface area contributed by atoms with Crippen molar-refractivity contribution in [2.75, 3.05) is 0 Å². The Labute approximate surface area is 165 Å². The first kappa shape index (κ1) is 19.5. The molecule has 6 nitrogen and oxygen atoms in total. The number of ether oxygens (including phenoxy) is 2. The molecular formula is C22H30O6. The molecule has 0 radical (unpaired) electrons. The van der Waals surface area contributed by atoms with Gasteiger partial charge in [0.1, 0.15) is 18.0 Å². The number of esters is 2. The van der Waals surface area contributed by atoms with Crippen molar-refractivity contribution in [1.29, 1.82) is 0 Å². The van der Waals surface area contributed by atoms with Crippen LogP contribution in [-0.2, 0) is 19.1 Å². The number of carbonyl (C=O) groups is 2. The molecule has 0 aromatic rings. The van der Waals surface area contributed by atoms with E-state index in [2.05, 4.69) is 26.0 Å². The molecule has 2 N–H and O–H groups in total. The highest BCUT2D eigenvalue weighted by molar-refractivity contribution is 5.90. The Kier molecular flexibility index (Phi) is 5.02. The van der Waals surface area contributed by atoms with Crippen molar-refractivity contribution in [1.82, 2.24) is 0 Å². The Morgan fingerprint density at radius 3 is 2.54 bits per heavy atom. The zero-order valence-corrected chi connectivity index (χ0v) is 16.7. The SMILES string of the molecule is CC(=O)OC1C(C)CC2C1C=CC1C(C)C(O)CC3CC(O)=C(CC12)C(=O)O3. The fraction of sp³-hybridized carbons (Fsp3) is 0.727. The quantitative estimate of drug-likeness (QED) is 0.528. The Hall–Kier alpha value is -1.82. The molecule has 1 saturated carbocycles. The summed E-state index contributed by atoms with van der Waals surface area (Å²) in [6.45, 7) is 5.60. The van der Waals surface area contributed by atoms with Crippen LogP contribution in [0.5, 0.6) is 0 Å². The van der Waals surface area contributed by atoms with Gasteiger partial charge in [0, 0.05) is 25.7 Å². The molecule has 3 aliphatic carbocycles. The smallest absolute Gasteiger partial charge is 0.337 e. The molecule has 0 aromatic heterocycles. The van der Waals surface area contributed by atoms with E-state index in [-0.39, 0.29) is 59.8 Å². The molecule has 5 rings (SSSR count). The van der Waals surface area contributed by atoms with Crippen molar-refractivity contribution in [2.45, 2.75) is 64.8 Å². The predicted octanol–water partition coefficient (Wildman–Crippen LogP) is 2.91. The zero-order chi connectivity index (χ0) is 20.2. The normalized spacial score (nSPS) is 45.3. The lowest BCUT2D eigenvalue weighted by atomic mass is 9.63. The van der Waals surface area contributed by atoms with Crippen LogP contribution >= 0.6 is 0 Å². The van der Waals surface area contributed by atoms with Crippen molar-refractivity contribution in [3.05, 3.63) is 23.5 Å². The van der Waals surface area contributed by atoms with Crippen LogP contribution in [0.1, 0.15) is 46.5 Å². The molecule has 2 fully saturated rings. The maximum atomic E-state index is 12.5. The maximum absolute atomic E-state index is 12.5. The standard InChI is InChI=1S/C22H30O6/c1-10-6-16-15(21(10)27-12(3)23)5-4-14-11(2)19(24)7-13-8-20(25)18(9-17(14)16)22(26)28-13/h4-5,10-11,13-17,19,21,24-25H,6-9H2,1-3H3. The van der Waals surface area contributed by atoms with Gasteiger partial charge in [-0.1, -0.05) is 26.0 Å². The van der Waals surface area contributed by atoms with Gasteiger partial charge in [-0.05, 0) is 42.4 Å². The van der Waals surface area contributed by atoms with Gasteiger partial charge in [-0.3, -0.25) is 4.79 Å². The molecule has 5 aliphatic rings. The van der Waals surface area contributed by atoms with Crippen LogP contribution in [-0.4, -0.2) is 40.5 Å². The van der Waals surface area contributed by atoms with Crippen molar-refractivity contribution >= 4 is 11.9 Å². The van der Waals surface area contributed by atoms with Gasteiger partial charge in [-0.25, -0.2) is 4.79 Å². The number of carbonyl (C=O) groups excluding carboxylic acids is 2. The third kappa shape index (κ3) is 3.25. The summed E-state index contributed by atoms with van der Waals surface area (Å²) >= 11 is 0. The fourth-order valence-corrected chi connectivity index (χ4v) is 6.01. The predicted molar refractivity (Wildman–Crippen MR) is 101 cm³/mol. The third-order valence-electron chi connectivity index (χ3n) is 7.43. The van der Waals surface area contributed by atoms with Gasteiger partial charge < -0.3 is 19.7 Å². The number of allylic oxidation sites excluding steroid dienone is 1. The van der Waals surface area contributed by atoms with E-state index in [1.54, 1.807) is 0 Å². The Balaban J connectivity index is 1.72. The molecule has 0 aromatic carbocycles. The Morgan fingerprint density at radius 1 is 1.14 bits per heavy atom. The van der Waals surface area contributed by atoms with E-state index in [1.807, 2.05) is 0 Å². The topological polar surface area (TPSA) is 93.1 Å². The van der Waals surface area contributed by atoms with E-state index in [9.17, 15) is 19.8 Å². The van der Waals surface area contributed by atoms with Gasteiger partial charge >= 0.3 is 11.9 Å². The highest BCUT2D eigenvalue weighted by Gasteiger charge is 2.51. The van der Waals surface area contributed by atoms with Gasteiger partial charge in [0.25, 0.3) is 0 Å². The molecule has 0 amide bonds. The van der Waals surface area contributed by atoms with Crippen LogP contribution in [0.3, 0.4) is 0 Å². The van der Waals surface area contributed by atoms with Crippen LogP contribution < -0.4 is 0 Å². The summed E-state index contributed by atoms with van der Waals surface area (Å²) in [5.74, 6) is 0.142. The molecule has 2 bridgehead atoms. The van der Waals surface area contributed by atoms with Gasteiger partial charge in [0.2, 0.25) is 0 Å². The monoisotopic (exact) mass is 390 g/mol. The largest absolute Gasteiger partial charge is 0.512 e. The van der Waals surface area contributed by atoms with E-state index < -0.39 is 18.2 Å². The number of hydrogen-bond acceptors (Lipinski definition) is 6. The summed E-state index contributed by atoms with van der Waals surface area (Å²) in [4.78, 5) is 24.1. The fourth-order valence-electron chi connectivity index (χ4n) is 6.01. The highest BCUT2D eigenvalue weighted by Crippen LogP contribution is 2.53. The van der Waals surface area contributed by atoms with Crippen LogP contribution in [0.15, 0.2) is 23.5 Å². The number of fused-ring (bicyclic) bond motifs is 5. The Bertz CT molecular complexity index is 725. The van der Waals surface area contributed by atoms with Gasteiger partial charge in [0.05, 0.1) is 11.7 Å². The average molecular weight is 390 g/mol. The summed E-state index contributed by atoms with van der Waals surface area (Å²) < 4.78 is 11.1. The van der Waals surface area contributed by atoms with Crippen LogP contribution in [0.25, 0.3) is 0 Å². The van der Waals surface area contributed by atoms with Crippen molar-refractivity contribution in [3.63, 3.8) is 0 Å². The second-order valence-electron chi connectivity index (χ2n) is 9.18. The second kappa shape index (κ2) is 7.21. The maximum Gasteiger partial charge on any atom is 0.337 e. The highest BCUT2D eigenvalue weighted by atomic mass is 16.5. The van der Waals surface area contributed by atoms with Crippen LogP contribution in [0.2, 0.25) is 0 Å². The molecule has 1 saturated heterocycles. The van der Waals surface area contributed by atoms with Gasteiger partial charge in [-0.2, -0.15) is 0 Å². The first-order chi connectivity index (χ1) is 13.3. The summed E-state index contributed by atoms with van der Waals surface area (Å²) in [5.41, 5.74) is 0.382. The minimum absolute atomic E-state index is 0.0195. The zero-order valence-electron chi connectivity index (χ0n) is 16.7. The summed E-state index contributed by atoms with van der Waals surface area (Å²) in [6.07, 6.45) is 5.00. The Morgan fingerprint density at radius 2 is 1.86 bits per heavy atom. The first-order valence-electron chi connectivity index (χ1n) is 10.4. The molecule has 154 valence electrons. The number of aliphatic hydroxyl groups is 2. The molecule has 9 atom stereocenters. The molecular weight excluding hydrogens is 360 g/mol. The van der Waals surface area contributed by atoms with Crippen molar-refractivity contribution < 1.29 is 29.3 Å². The van der Waals surface area contributed by atoms with Crippen LogP contribution in [0.4, 0.5) is 0 Å². The van der Waals surface area contributed by atoms with E-state index in [1.165, 1.54) is 6.92 Å². The first-order valence-corrected chi connectivity index (χ1v) is 10.4. The average Bonchev–Trinajstić information content (AvgIpc) is 2.92. The number of aliphatic hydroxyl groups excluding tert-OH is 2. The van der Waals surface area contributed by atoms with Crippen molar-refractivity contribution in [2.24, 2.45) is 35.5 Å². The van der Waals surface area contributed by atoms with E-state index >= 15 is 0 Å². The molecule has 9 unspecified atom stereocenters. The lowest BCUT2D eigenvalue weighted by molar-refractivity contribution is -0.150. The molecule has 2 aliphatic heterocycles. The van der Waals surface area contributed by atoms with Crippen molar-refractivity contribution in [3.8, 4) is 0 Å². The lowest BCUT2D eigenvalue weighted by Gasteiger charge is -2.43. The molecule has 0 spiro atoms. The minimum atomic E-state index is -0.609.